The standard InChI is InChI=1S/C52H32/c1-4-14-33(15-5-1)26-28-41-47-32-46-38-21-11-10-20-37(38)40-23-13-24-42(49(40)46)50(47)44(29-27-34-16-6-2-7-17-34)52-43-25-12-22-39-36(35-18-8-3-9-19-35)30-31-45(48(39)43)51(41)52/h1-32H. The van der Waals surface area contributed by atoms with Crippen molar-refractivity contribution in [1.29, 1.82) is 0 Å². The second kappa shape index (κ2) is 11.4. The van der Waals surface area contributed by atoms with Crippen LogP contribution in [-0.2, 0) is 0 Å². The molecule has 52 heavy (non-hydrogen) atoms. The number of hydrogen-bond acceptors (Lipinski definition) is 0. The van der Waals surface area contributed by atoms with Gasteiger partial charge in [0, 0.05) is 0 Å². The molecule has 0 heteroatoms. The highest BCUT2D eigenvalue weighted by atomic mass is 14.3. The van der Waals surface area contributed by atoms with E-state index in [2.05, 4.69) is 194 Å². The summed E-state index contributed by atoms with van der Waals surface area (Å²) in [5, 5.41) is 18.4. The first kappa shape index (κ1) is 29.0. The normalized spacial score (nSPS) is 12.5. The summed E-state index contributed by atoms with van der Waals surface area (Å²) in [4.78, 5) is 0. The van der Waals surface area contributed by atoms with Crippen molar-refractivity contribution in [3.8, 4) is 11.1 Å². The smallest absolute Gasteiger partial charge is 0.00134 e. The molecular weight excluding hydrogens is 625 g/mol. The van der Waals surface area contributed by atoms with Gasteiger partial charge in [0.2, 0.25) is 0 Å². The lowest BCUT2D eigenvalue weighted by Crippen LogP contribution is -1.90. The van der Waals surface area contributed by atoms with Crippen LogP contribution in [-0.4, -0.2) is 0 Å². The Morgan fingerprint density at radius 3 is 1.42 bits per heavy atom. The quantitative estimate of drug-likeness (QED) is 0.128. The first-order chi connectivity index (χ1) is 25.8. The zero-order chi connectivity index (χ0) is 34.2. The second-order valence-corrected chi connectivity index (χ2v) is 13.9. The van der Waals surface area contributed by atoms with E-state index in [-0.39, 0.29) is 0 Å². The van der Waals surface area contributed by atoms with Gasteiger partial charge in [-0.25, -0.2) is 0 Å². The van der Waals surface area contributed by atoms with Crippen LogP contribution in [0.3, 0.4) is 0 Å². The molecule has 240 valence electrons. The molecule has 0 spiro atoms. The molecule has 0 aliphatic carbocycles. The second-order valence-electron chi connectivity index (χ2n) is 13.9. The van der Waals surface area contributed by atoms with Crippen LogP contribution in [0.5, 0.6) is 0 Å². The first-order valence-corrected chi connectivity index (χ1v) is 18.1. The summed E-state index contributed by atoms with van der Waals surface area (Å²) < 4.78 is 0. The molecular formula is C52H32. The van der Waals surface area contributed by atoms with Crippen LogP contribution >= 0.6 is 0 Å². The fourth-order valence-electron chi connectivity index (χ4n) is 8.99. The molecule has 0 amide bonds. The molecule has 0 N–H and O–H groups in total. The summed E-state index contributed by atoms with van der Waals surface area (Å²) in [7, 11) is 0. The van der Waals surface area contributed by atoms with Gasteiger partial charge in [-0.15, -0.1) is 0 Å². The Bertz CT molecular complexity index is 3180. The number of fused-ring (bicyclic) bond motifs is 8. The molecule has 0 saturated carbocycles. The minimum absolute atomic E-state index is 1.19. The number of benzene rings is 9. The van der Waals surface area contributed by atoms with E-state index in [4.69, 9.17) is 0 Å². The van der Waals surface area contributed by atoms with E-state index in [0.717, 1.165) is 0 Å². The topological polar surface area (TPSA) is 0 Å². The van der Waals surface area contributed by atoms with Crippen LogP contribution in [0.1, 0.15) is 22.3 Å². The summed E-state index contributed by atoms with van der Waals surface area (Å²) in [5.74, 6) is 0. The van der Waals surface area contributed by atoms with Crippen LogP contribution in [0.4, 0.5) is 0 Å². The molecule has 0 atom stereocenters. The Labute approximate surface area is 301 Å². The predicted octanol–water partition coefficient (Wildman–Crippen LogP) is 14.6. The van der Waals surface area contributed by atoms with Crippen molar-refractivity contribution in [2.75, 3.05) is 0 Å². The van der Waals surface area contributed by atoms with E-state index in [1.54, 1.807) is 0 Å². The highest BCUT2D eigenvalue weighted by Gasteiger charge is 2.24. The maximum absolute atomic E-state index is 2.50. The molecule has 0 radical (unpaired) electrons. The third-order valence-corrected chi connectivity index (χ3v) is 11.2. The lowest BCUT2D eigenvalue weighted by Gasteiger charge is -2.15. The highest BCUT2D eigenvalue weighted by molar-refractivity contribution is 6.42. The Kier molecular flexibility index (Phi) is 6.35. The van der Waals surface area contributed by atoms with Crippen LogP contribution in [0.25, 0.3) is 111 Å². The molecule has 0 bridgehead atoms. The Morgan fingerprint density at radius 1 is 0.250 bits per heavy atom. The van der Waals surface area contributed by atoms with Gasteiger partial charge in [-0.3, -0.25) is 0 Å². The summed E-state index contributed by atoms with van der Waals surface area (Å²) in [5.41, 5.74) is 7.43. The summed E-state index contributed by atoms with van der Waals surface area (Å²) >= 11 is 0. The van der Waals surface area contributed by atoms with Gasteiger partial charge in [0.1, 0.15) is 0 Å². The van der Waals surface area contributed by atoms with Gasteiger partial charge in [-0.05, 0) is 115 Å². The van der Waals surface area contributed by atoms with Gasteiger partial charge in [0.15, 0.2) is 0 Å². The Morgan fingerprint density at radius 2 is 0.731 bits per heavy atom. The van der Waals surface area contributed by atoms with Gasteiger partial charge < -0.3 is 0 Å². The van der Waals surface area contributed by atoms with Crippen molar-refractivity contribution in [2.45, 2.75) is 0 Å². The van der Waals surface area contributed by atoms with E-state index in [9.17, 15) is 0 Å². The van der Waals surface area contributed by atoms with Gasteiger partial charge in [-0.1, -0.05) is 188 Å². The zero-order valence-electron chi connectivity index (χ0n) is 28.5. The molecule has 0 fully saturated rings. The van der Waals surface area contributed by atoms with E-state index in [0.29, 0.717) is 0 Å². The third kappa shape index (κ3) is 4.22. The average Bonchev–Trinajstić information content (AvgIpc) is 3.72. The zero-order valence-corrected chi connectivity index (χ0v) is 28.5. The first-order valence-electron chi connectivity index (χ1n) is 18.1. The Hall–Kier alpha value is -6.76. The molecule has 0 saturated heterocycles. The number of hydrogen-bond donors (Lipinski definition) is 0. The van der Waals surface area contributed by atoms with Crippen LogP contribution in [0, 0.1) is 0 Å². The molecule has 0 aliphatic heterocycles. The van der Waals surface area contributed by atoms with E-state index in [1.165, 1.54) is 109 Å². The largest absolute Gasteiger partial charge is 0.0622 e. The van der Waals surface area contributed by atoms with Crippen LogP contribution in [0.15, 0.2) is 170 Å². The lowest BCUT2D eigenvalue weighted by molar-refractivity contribution is 1.66. The van der Waals surface area contributed by atoms with Gasteiger partial charge >= 0.3 is 0 Å². The monoisotopic (exact) mass is 656 g/mol. The SMILES string of the molecule is C(=Cc1c2cc3c4ccccc4c4cccc(c2c(C=Cc2ccccc2)c2c5cccc6c(-c7ccccc7)ccc(c12)c65)c43)c1ccccc1. The van der Waals surface area contributed by atoms with Crippen molar-refractivity contribution in [2.24, 2.45) is 0 Å². The van der Waals surface area contributed by atoms with Crippen molar-refractivity contribution in [3.05, 3.63) is 192 Å². The van der Waals surface area contributed by atoms with Crippen molar-refractivity contribution in [1.82, 2.24) is 0 Å². The molecule has 0 unspecified atom stereocenters. The minimum Gasteiger partial charge on any atom is -0.0622 e. The molecule has 0 nitrogen and oxygen atoms in total. The third-order valence-electron chi connectivity index (χ3n) is 11.2. The van der Waals surface area contributed by atoms with Crippen molar-refractivity contribution < 1.29 is 0 Å². The molecule has 0 aliphatic rings. The predicted molar refractivity (Wildman–Crippen MR) is 228 cm³/mol. The van der Waals surface area contributed by atoms with Crippen LogP contribution in [0.2, 0.25) is 0 Å². The van der Waals surface area contributed by atoms with Gasteiger partial charge in [0.25, 0.3) is 0 Å². The summed E-state index contributed by atoms with van der Waals surface area (Å²) in [6.45, 7) is 0. The van der Waals surface area contributed by atoms with Gasteiger partial charge in [0.05, 0.1) is 0 Å². The Balaban J connectivity index is 1.39. The maximum Gasteiger partial charge on any atom is -0.00134 e. The fraction of sp³-hybridized carbons (Fsp3) is 0. The number of rotatable bonds is 5. The van der Waals surface area contributed by atoms with Crippen LogP contribution < -0.4 is 0 Å². The molecule has 11 aromatic rings. The summed E-state index contributed by atoms with van der Waals surface area (Å²) in [6.07, 6.45) is 9.36. The minimum atomic E-state index is 1.19. The summed E-state index contributed by atoms with van der Waals surface area (Å²) in [6, 6.07) is 62.2. The van der Waals surface area contributed by atoms with Crippen molar-refractivity contribution in [3.63, 3.8) is 0 Å². The van der Waals surface area contributed by atoms with E-state index in [1.807, 2.05) is 0 Å². The average molecular weight is 657 g/mol. The molecule has 11 aromatic carbocycles. The van der Waals surface area contributed by atoms with Gasteiger partial charge in [-0.2, -0.15) is 0 Å². The lowest BCUT2D eigenvalue weighted by atomic mass is 9.87. The van der Waals surface area contributed by atoms with Crippen molar-refractivity contribution >= 4 is 99.7 Å². The molecule has 0 aromatic heterocycles. The van der Waals surface area contributed by atoms with E-state index < -0.39 is 0 Å². The molecule has 11 rings (SSSR count). The highest BCUT2D eigenvalue weighted by Crippen LogP contribution is 2.51. The van der Waals surface area contributed by atoms with E-state index >= 15 is 0 Å². The fourth-order valence-corrected chi connectivity index (χ4v) is 8.99. The maximum atomic E-state index is 2.50. The molecule has 0 heterocycles.